The molecule has 3 rings (SSSR count). The Morgan fingerprint density at radius 3 is 2.63 bits per heavy atom. The van der Waals surface area contributed by atoms with Crippen molar-refractivity contribution >= 4 is 5.78 Å². The monoisotopic (exact) mass is 266 g/mol. The van der Waals surface area contributed by atoms with Gasteiger partial charge in [-0.05, 0) is 17.4 Å². The van der Waals surface area contributed by atoms with Crippen LogP contribution in [0.2, 0.25) is 0 Å². The lowest BCUT2D eigenvalue weighted by Gasteiger charge is -2.28. The topological polar surface area (TPSA) is 66.8 Å². The maximum absolute atomic E-state index is 12.3. The van der Waals surface area contributed by atoms with Gasteiger partial charge in [0.05, 0.1) is 12.7 Å². The lowest BCUT2D eigenvalue weighted by atomic mass is 9.81. The smallest absolute Gasteiger partial charge is 0.162 e. The van der Waals surface area contributed by atoms with Crippen LogP contribution in [0.15, 0.2) is 11.1 Å². The zero-order chi connectivity index (χ0) is 13.9. The Hall–Kier alpha value is -0.710. The van der Waals surface area contributed by atoms with Gasteiger partial charge in [0.2, 0.25) is 0 Å². The van der Waals surface area contributed by atoms with Crippen molar-refractivity contribution in [2.75, 3.05) is 6.61 Å². The van der Waals surface area contributed by atoms with Crippen LogP contribution in [0, 0.1) is 23.2 Å². The molecule has 0 bridgehead atoms. The van der Waals surface area contributed by atoms with E-state index in [-0.39, 0.29) is 29.0 Å². The van der Waals surface area contributed by atoms with E-state index in [9.17, 15) is 15.0 Å². The van der Waals surface area contributed by atoms with Crippen molar-refractivity contribution in [3.63, 3.8) is 0 Å². The molecule has 0 aromatic heterocycles. The molecule has 106 valence electrons. The van der Waals surface area contributed by atoms with Crippen molar-refractivity contribution in [3.8, 4) is 0 Å². The first-order valence-corrected chi connectivity index (χ1v) is 7.05. The van der Waals surface area contributed by atoms with Crippen molar-refractivity contribution in [3.05, 3.63) is 11.1 Å². The summed E-state index contributed by atoms with van der Waals surface area (Å²) >= 11 is 0. The number of rotatable bonds is 0. The number of carbonyl (C=O) groups excluding carboxylic acids is 1. The average Bonchev–Trinajstić information content (AvgIpc) is 2.75. The fourth-order valence-corrected chi connectivity index (χ4v) is 4.02. The lowest BCUT2D eigenvalue weighted by molar-refractivity contribution is -0.129. The molecule has 0 radical (unpaired) electrons. The van der Waals surface area contributed by atoms with Crippen molar-refractivity contribution in [2.45, 2.75) is 46.0 Å². The average molecular weight is 266 g/mol. The zero-order valence-electron chi connectivity index (χ0n) is 11.7. The van der Waals surface area contributed by atoms with E-state index in [1.165, 1.54) is 0 Å². The largest absolute Gasteiger partial charge is 0.392 e. The van der Waals surface area contributed by atoms with Gasteiger partial charge in [-0.3, -0.25) is 4.79 Å². The van der Waals surface area contributed by atoms with Crippen molar-refractivity contribution < 1.29 is 19.7 Å². The Balaban J connectivity index is 2.11. The number of fused-ring (bicyclic) bond motifs is 2. The van der Waals surface area contributed by atoms with Gasteiger partial charge in [-0.1, -0.05) is 26.3 Å². The van der Waals surface area contributed by atoms with E-state index >= 15 is 0 Å². The van der Waals surface area contributed by atoms with Crippen LogP contribution >= 0.6 is 0 Å². The van der Waals surface area contributed by atoms with E-state index in [1.54, 1.807) is 0 Å². The van der Waals surface area contributed by atoms with Crippen molar-refractivity contribution in [1.82, 2.24) is 0 Å². The van der Waals surface area contributed by atoms with Gasteiger partial charge >= 0.3 is 0 Å². The van der Waals surface area contributed by atoms with E-state index in [0.29, 0.717) is 13.0 Å². The Bertz CT molecular complexity index is 451. The van der Waals surface area contributed by atoms with Gasteiger partial charge in [0.25, 0.3) is 0 Å². The first-order valence-electron chi connectivity index (χ1n) is 7.05. The lowest BCUT2D eigenvalue weighted by Crippen LogP contribution is -2.34. The van der Waals surface area contributed by atoms with Gasteiger partial charge in [0.15, 0.2) is 6.29 Å². The number of aliphatic hydroxyl groups is 2. The van der Waals surface area contributed by atoms with Crippen LogP contribution < -0.4 is 0 Å². The van der Waals surface area contributed by atoms with E-state index in [1.807, 2.05) is 20.8 Å². The standard InChI is InChI=1S/C15H22O4/c1-7-11(16)4-8-10(6-19-14(8)18)9-5-15(2,3)13(17)12(7)9/h7-8,12-14,17-18H,4-6H2,1-3H3. The van der Waals surface area contributed by atoms with E-state index in [0.717, 1.165) is 17.6 Å². The fraction of sp³-hybridized carbons (Fsp3) is 0.800. The molecule has 0 spiro atoms. The summed E-state index contributed by atoms with van der Waals surface area (Å²) in [7, 11) is 0. The van der Waals surface area contributed by atoms with Gasteiger partial charge in [-0.25, -0.2) is 0 Å². The highest BCUT2D eigenvalue weighted by Crippen LogP contribution is 2.53. The SMILES string of the molecule is CC1C(=O)CC2C(=C3CC(C)(C)C(O)C31)COC2O. The zero-order valence-corrected chi connectivity index (χ0v) is 11.7. The first-order chi connectivity index (χ1) is 8.83. The quantitative estimate of drug-likeness (QED) is 0.648. The van der Waals surface area contributed by atoms with Gasteiger partial charge in [-0.2, -0.15) is 0 Å². The second kappa shape index (κ2) is 4.14. The highest BCUT2D eigenvalue weighted by Gasteiger charge is 2.52. The summed E-state index contributed by atoms with van der Waals surface area (Å²) in [6, 6.07) is 0. The predicted molar refractivity (Wildman–Crippen MR) is 69.2 cm³/mol. The van der Waals surface area contributed by atoms with E-state index in [4.69, 9.17) is 4.74 Å². The molecular formula is C15H22O4. The third kappa shape index (κ3) is 1.81. The minimum atomic E-state index is -0.863. The number of hydrogen-bond donors (Lipinski definition) is 2. The summed E-state index contributed by atoms with van der Waals surface area (Å²) in [6.45, 7) is 6.39. The molecule has 0 amide bonds. The van der Waals surface area contributed by atoms with Gasteiger partial charge in [0.1, 0.15) is 5.78 Å². The van der Waals surface area contributed by atoms with Crippen LogP contribution in [0.4, 0.5) is 0 Å². The molecule has 2 aliphatic carbocycles. The molecule has 4 nitrogen and oxygen atoms in total. The molecule has 1 aliphatic heterocycles. The second-order valence-electron chi connectivity index (χ2n) is 6.95. The van der Waals surface area contributed by atoms with Crippen LogP contribution in [-0.2, 0) is 9.53 Å². The Kier molecular flexibility index (Phi) is 2.89. The molecule has 5 atom stereocenters. The normalized spacial score (nSPS) is 45.1. The molecule has 4 heteroatoms. The fourth-order valence-electron chi connectivity index (χ4n) is 4.02. The second-order valence-corrected chi connectivity index (χ2v) is 6.95. The molecule has 19 heavy (non-hydrogen) atoms. The van der Waals surface area contributed by atoms with E-state index in [2.05, 4.69) is 0 Å². The first kappa shape index (κ1) is 13.3. The number of carbonyl (C=O) groups is 1. The number of ketones is 1. The van der Waals surface area contributed by atoms with Crippen LogP contribution in [0.1, 0.15) is 33.6 Å². The van der Waals surface area contributed by atoms with Crippen LogP contribution in [0.3, 0.4) is 0 Å². The third-order valence-electron chi connectivity index (χ3n) is 5.27. The minimum Gasteiger partial charge on any atom is -0.392 e. The maximum atomic E-state index is 12.3. The highest BCUT2D eigenvalue weighted by atomic mass is 16.6. The summed E-state index contributed by atoms with van der Waals surface area (Å²) in [5.74, 6) is -0.340. The number of ether oxygens (including phenoxy) is 1. The third-order valence-corrected chi connectivity index (χ3v) is 5.27. The minimum absolute atomic E-state index is 0.101. The van der Waals surface area contributed by atoms with E-state index < -0.39 is 12.4 Å². The molecule has 0 aromatic rings. The van der Waals surface area contributed by atoms with Crippen molar-refractivity contribution in [2.24, 2.45) is 23.2 Å². The number of hydrogen-bond acceptors (Lipinski definition) is 4. The molecule has 2 N–H and O–H groups in total. The molecule has 0 aromatic carbocycles. The molecule has 1 saturated carbocycles. The van der Waals surface area contributed by atoms with Gasteiger partial charge < -0.3 is 14.9 Å². The summed E-state index contributed by atoms with van der Waals surface area (Å²) in [6.07, 6.45) is -0.230. The Labute approximate surface area is 113 Å². The maximum Gasteiger partial charge on any atom is 0.162 e. The van der Waals surface area contributed by atoms with Gasteiger partial charge in [0, 0.05) is 24.2 Å². The number of aliphatic hydroxyl groups excluding tert-OH is 2. The Morgan fingerprint density at radius 2 is 1.95 bits per heavy atom. The molecular weight excluding hydrogens is 244 g/mol. The molecule has 2 fully saturated rings. The predicted octanol–water partition coefficient (Wildman–Crippen LogP) is 1.26. The highest BCUT2D eigenvalue weighted by molar-refractivity contribution is 5.83. The molecule has 1 heterocycles. The molecule has 1 saturated heterocycles. The van der Waals surface area contributed by atoms with Crippen LogP contribution in [-0.4, -0.2) is 35.0 Å². The summed E-state index contributed by atoms with van der Waals surface area (Å²) in [4.78, 5) is 12.3. The van der Waals surface area contributed by atoms with Crippen LogP contribution in [0.25, 0.3) is 0 Å². The van der Waals surface area contributed by atoms with Crippen LogP contribution in [0.5, 0.6) is 0 Å². The summed E-state index contributed by atoms with van der Waals surface area (Å²) in [5.41, 5.74) is 2.02. The molecule has 5 unspecified atom stereocenters. The number of Topliss-reactive ketones (excluding diaryl/α,β-unsaturated/α-hetero) is 1. The summed E-state index contributed by atoms with van der Waals surface area (Å²) in [5, 5.41) is 20.5. The van der Waals surface area contributed by atoms with Crippen molar-refractivity contribution in [1.29, 1.82) is 0 Å². The van der Waals surface area contributed by atoms with Gasteiger partial charge in [-0.15, -0.1) is 0 Å². The Morgan fingerprint density at radius 1 is 1.26 bits per heavy atom. The summed E-state index contributed by atoms with van der Waals surface area (Å²) < 4.78 is 5.31. The molecule has 3 aliphatic rings.